The number of nitrogens with one attached hydrogen (secondary N) is 1. The zero-order chi connectivity index (χ0) is 12.0. The van der Waals surface area contributed by atoms with E-state index in [1.54, 1.807) is 24.3 Å². The highest BCUT2D eigenvalue weighted by Crippen LogP contribution is 2.09. The third-order valence-electron chi connectivity index (χ3n) is 2.05. The number of aliphatic hydroxyl groups is 1. The first-order valence-corrected chi connectivity index (χ1v) is 4.94. The smallest absolute Gasteiger partial charge is 0.248 e. The van der Waals surface area contributed by atoms with Gasteiger partial charge in [-0.15, -0.1) is 0 Å². The highest BCUT2D eigenvalue weighted by molar-refractivity contribution is 5.93. The van der Waals surface area contributed by atoms with Gasteiger partial charge in [0.15, 0.2) is 0 Å². The Hall–Kier alpha value is -1.59. The molecule has 5 heteroatoms. The second kappa shape index (κ2) is 6.09. The SMILES string of the molecule is COCC(O)CNc1cccc(C(N)=O)c1. The Labute approximate surface area is 94.2 Å². The fourth-order valence-corrected chi connectivity index (χ4v) is 1.27. The summed E-state index contributed by atoms with van der Waals surface area (Å²) in [6.07, 6.45) is -0.581. The monoisotopic (exact) mass is 224 g/mol. The molecule has 0 fully saturated rings. The van der Waals surface area contributed by atoms with Gasteiger partial charge in [0.2, 0.25) is 5.91 Å². The molecule has 0 saturated carbocycles. The number of benzene rings is 1. The van der Waals surface area contributed by atoms with E-state index in [9.17, 15) is 9.90 Å². The summed E-state index contributed by atoms with van der Waals surface area (Å²) in [5.41, 5.74) is 6.33. The van der Waals surface area contributed by atoms with Crippen LogP contribution in [0.4, 0.5) is 5.69 Å². The van der Waals surface area contributed by atoms with E-state index in [1.165, 1.54) is 7.11 Å². The van der Waals surface area contributed by atoms with Gasteiger partial charge in [-0.2, -0.15) is 0 Å². The molecular formula is C11H16N2O3. The van der Waals surface area contributed by atoms with Crippen molar-refractivity contribution in [2.75, 3.05) is 25.6 Å². The van der Waals surface area contributed by atoms with Gasteiger partial charge in [-0.3, -0.25) is 4.79 Å². The molecule has 1 amide bonds. The van der Waals surface area contributed by atoms with E-state index in [1.807, 2.05) is 0 Å². The van der Waals surface area contributed by atoms with E-state index >= 15 is 0 Å². The molecule has 5 nitrogen and oxygen atoms in total. The number of carbonyl (C=O) groups is 1. The zero-order valence-corrected chi connectivity index (χ0v) is 9.14. The molecule has 0 spiro atoms. The molecule has 16 heavy (non-hydrogen) atoms. The van der Waals surface area contributed by atoms with E-state index in [0.29, 0.717) is 12.1 Å². The summed E-state index contributed by atoms with van der Waals surface area (Å²) < 4.78 is 4.79. The molecule has 88 valence electrons. The van der Waals surface area contributed by atoms with Crippen LogP contribution >= 0.6 is 0 Å². The van der Waals surface area contributed by atoms with E-state index in [0.717, 1.165) is 5.69 Å². The van der Waals surface area contributed by atoms with Crippen LogP contribution in [0.1, 0.15) is 10.4 Å². The molecule has 0 saturated heterocycles. The molecule has 0 heterocycles. The van der Waals surface area contributed by atoms with Crippen molar-refractivity contribution in [3.63, 3.8) is 0 Å². The van der Waals surface area contributed by atoms with E-state index in [4.69, 9.17) is 10.5 Å². The quantitative estimate of drug-likeness (QED) is 0.644. The van der Waals surface area contributed by atoms with Crippen molar-refractivity contribution >= 4 is 11.6 Å². The summed E-state index contributed by atoms with van der Waals surface area (Å²) in [6.45, 7) is 0.624. The summed E-state index contributed by atoms with van der Waals surface area (Å²) in [4.78, 5) is 10.9. The molecule has 0 aliphatic heterocycles. The van der Waals surface area contributed by atoms with Crippen molar-refractivity contribution in [2.24, 2.45) is 5.73 Å². The summed E-state index contributed by atoms with van der Waals surface area (Å²) in [5, 5.41) is 12.4. The van der Waals surface area contributed by atoms with Gasteiger partial charge in [0, 0.05) is 24.9 Å². The maximum Gasteiger partial charge on any atom is 0.248 e. The van der Waals surface area contributed by atoms with Crippen LogP contribution in [0.15, 0.2) is 24.3 Å². The van der Waals surface area contributed by atoms with E-state index in [2.05, 4.69) is 5.32 Å². The van der Waals surface area contributed by atoms with Gasteiger partial charge in [0.1, 0.15) is 0 Å². The van der Waals surface area contributed by atoms with Crippen molar-refractivity contribution in [1.29, 1.82) is 0 Å². The second-order valence-corrected chi connectivity index (χ2v) is 3.44. The molecular weight excluding hydrogens is 208 g/mol. The Morgan fingerprint density at radius 2 is 2.38 bits per heavy atom. The van der Waals surface area contributed by atoms with Crippen LogP contribution in [0.3, 0.4) is 0 Å². The third kappa shape index (κ3) is 3.88. The van der Waals surface area contributed by atoms with Gasteiger partial charge in [-0.1, -0.05) is 6.07 Å². The average Bonchev–Trinajstić information content (AvgIpc) is 2.27. The number of methoxy groups -OCH3 is 1. The first-order chi connectivity index (χ1) is 7.63. The lowest BCUT2D eigenvalue weighted by atomic mass is 10.2. The lowest BCUT2D eigenvalue weighted by Gasteiger charge is -2.12. The Morgan fingerprint density at radius 1 is 1.62 bits per heavy atom. The fraction of sp³-hybridized carbons (Fsp3) is 0.364. The van der Waals surface area contributed by atoms with Crippen LogP contribution in [-0.4, -0.2) is 37.4 Å². The minimum Gasteiger partial charge on any atom is -0.389 e. The van der Waals surface area contributed by atoms with Gasteiger partial charge >= 0.3 is 0 Å². The molecule has 1 aromatic carbocycles. The minimum absolute atomic E-state index is 0.266. The Balaban J connectivity index is 2.54. The maximum atomic E-state index is 10.9. The fourth-order valence-electron chi connectivity index (χ4n) is 1.27. The number of rotatable bonds is 6. The topological polar surface area (TPSA) is 84.6 Å². The normalized spacial score (nSPS) is 12.1. The van der Waals surface area contributed by atoms with Crippen LogP contribution in [0.5, 0.6) is 0 Å². The molecule has 1 rings (SSSR count). The lowest BCUT2D eigenvalue weighted by Crippen LogP contribution is -2.24. The van der Waals surface area contributed by atoms with Crippen molar-refractivity contribution in [2.45, 2.75) is 6.10 Å². The van der Waals surface area contributed by atoms with Crippen LogP contribution in [0.25, 0.3) is 0 Å². The van der Waals surface area contributed by atoms with E-state index < -0.39 is 12.0 Å². The number of primary amides is 1. The molecule has 0 aromatic heterocycles. The standard InChI is InChI=1S/C11H16N2O3/c1-16-7-10(14)6-13-9-4-2-3-8(5-9)11(12)15/h2-5,10,13-14H,6-7H2,1H3,(H2,12,15). The van der Waals surface area contributed by atoms with Gasteiger partial charge < -0.3 is 20.9 Å². The van der Waals surface area contributed by atoms with Crippen molar-refractivity contribution in [3.05, 3.63) is 29.8 Å². The molecule has 0 radical (unpaired) electrons. The summed E-state index contributed by atoms with van der Waals surface area (Å²) in [5.74, 6) is -0.471. The number of ether oxygens (including phenoxy) is 1. The molecule has 0 bridgehead atoms. The van der Waals surface area contributed by atoms with Crippen molar-refractivity contribution < 1.29 is 14.6 Å². The number of carbonyl (C=O) groups excluding carboxylic acids is 1. The van der Waals surface area contributed by atoms with Gasteiger partial charge in [0.25, 0.3) is 0 Å². The predicted molar refractivity (Wildman–Crippen MR) is 61.3 cm³/mol. The van der Waals surface area contributed by atoms with Crippen LogP contribution in [0, 0.1) is 0 Å². The van der Waals surface area contributed by atoms with Gasteiger partial charge in [-0.25, -0.2) is 0 Å². The maximum absolute atomic E-state index is 10.9. The predicted octanol–water partition coefficient (Wildman–Crippen LogP) is 0.205. The van der Waals surface area contributed by atoms with Crippen molar-refractivity contribution in [3.8, 4) is 0 Å². The summed E-state index contributed by atoms with van der Waals surface area (Å²) in [6, 6.07) is 6.80. The molecule has 1 aromatic rings. The van der Waals surface area contributed by atoms with Crippen LogP contribution in [-0.2, 0) is 4.74 Å². The van der Waals surface area contributed by atoms with Gasteiger partial charge in [-0.05, 0) is 18.2 Å². The number of anilines is 1. The highest BCUT2D eigenvalue weighted by atomic mass is 16.5. The van der Waals surface area contributed by atoms with Gasteiger partial charge in [0.05, 0.1) is 12.7 Å². The molecule has 0 aliphatic rings. The molecule has 0 aliphatic carbocycles. The minimum atomic E-state index is -0.581. The molecule has 1 atom stereocenters. The molecule has 4 N–H and O–H groups in total. The van der Waals surface area contributed by atoms with Crippen LogP contribution in [0.2, 0.25) is 0 Å². The Kier molecular flexibility index (Phi) is 4.75. The lowest BCUT2D eigenvalue weighted by molar-refractivity contribution is 0.0727. The summed E-state index contributed by atoms with van der Waals surface area (Å²) in [7, 11) is 1.52. The Morgan fingerprint density at radius 3 is 3.00 bits per heavy atom. The zero-order valence-electron chi connectivity index (χ0n) is 9.14. The average molecular weight is 224 g/mol. The third-order valence-corrected chi connectivity index (χ3v) is 2.05. The number of nitrogens with two attached hydrogens (primary N) is 1. The summed E-state index contributed by atoms with van der Waals surface area (Å²) >= 11 is 0. The number of hydrogen-bond donors (Lipinski definition) is 3. The highest BCUT2D eigenvalue weighted by Gasteiger charge is 2.04. The first kappa shape index (κ1) is 12.5. The first-order valence-electron chi connectivity index (χ1n) is 4.94. The largest absolute Gasteiger partial charge is 0.389 e. The number of amides is 1. The molecule has 1 unspecified atom stereocenters. The van der Waals surface area contributed by atoms with E-state index in [-0.39, 0.29) is 6.61 Å². The Bertz CT molecular complexity index is 355. The van der Waals surface area contributed by atoms with Crippen LogP contribution < -0.4 is 11.1 Å². The number of aliphatic hydroxyl groups excluding tert-OH is 1. The van der Waals surface area contributed by atoms with Crippen molar-refractivity contribution in [1.82, 2.24) is 0 Å². The second-order valence-electron chi connectivity index (χ2n) is 3.44. The number of hydrogen-bond acceptors (Lipinski definition) is 4.